The van der Waals surface area contributed by atoms with E-state index in [1.807, 2.05) is 31.2 Å². The molecule has 1 aromatic heterocycles. The van der Waals surface area contributed by atoms with Gasteiger partial charge in [-0.05, 0) is 41.7 Å². The molecule has 122 valence electrons. The van der Waals surface area contributed by atoms with Gasteiger partial charge in [0.1, 0.15) is 5.58 Å². The number of rotatable bonds is 2. The monoisotopic (exact) mass is 339 g/mol. The van der Waals surface area contributed by atoms with E-state index >= 15 is 0 Å². The first-order valence-electron chi connectivity index (χ1n) is 7.86. The van der Waals surface area contributed by atoms with Crippen molar-refractivity contribution < 1.29 is 4.42 Å². The highest BCUT2D eigenvalue weighted by molar-refractivity contribution is 6.05. The topological polar surface area (TPSA) is 42.6 Å². The van der Waals surface area contributed by atoms with Crippen molar-refractivity contribution in [3.8, 4) is 0 Å². The Morgan fingerprint density at radius 2 is 1.96 bits per heavy atom. The lowest BCUT2D eigenvalue weighted by Gasteiger charge is -2.17. The number of aryl methyl sites for hydroxylation is 1. The van der Waals surface area contributed by atoms with Gasteiger partial charge in [0, 0.05) is 30.1 Å². The molecule has 0 fully saturated rings. The molecule has 2 aromatic carbocycles. The van der Waals surface area contributed by atoms with Crippen molar-refractivity contribution in [2.45, 2.75) is 19.8 Å². The van der Waals surface area contributed by atoms with Crippen LogP contribution in [0.4, 0.5) is 0 Å². The lowest BCUT2D eigenvalue weighted by atomic mass is 9.93. The molecule has 3 nitrogen and oxygen atoms in total. The fourth-order valence-electron chi connectivity index (χ4n) is 3.23. The molecule has 24 heavy (non-hydrogen) atoms. The van der Waals surface area contributed by atoms with Crippen LogP contribution in [0.25, 0.3) is 11.0 Å². The van der Waals surface area contributed by atoms with Crippen LogP contribution in [0.2, 0.25) is 0 Å². The van der Waals surface area contributed by atoms with Crippen LogP contribution in [0.5, 0.6) is 0 Å². The number of fused-ring (bicyclic) bond motifs is 2. The molecule has 0 saturated heterocycles. The Balaban J connectivity index is 0.00000169. The van der Waals surface area contributed by atoms with Gasteiger partial charge in [0.15, 0.2) is 0 Å². The molecular formula is C20H18ClNO2. The minimum Gasteiger partial charge on any atom is -0.423 e. The van der Waals surface area contributed by atoms with Crippen LogP contribution in [-0.4, -0.2) is 12.3 Å². The Hall–Kier alpha value is -2.39. The van der Waals surface area contributed by atoms with Crippen LogP contribution in [0.3, 0.4) is 0 Å². The Bertz CT molecular complexity index is 988. The Kier molecular flexibility index (Phi) is 4.54. The Morgan fingerprint density at radius 3 is 2.83 bits per heavy atom. The van der Waals surface area contributed by atoms with Gasteiger partial charge in [-0.1, -0.05) is 36.4 Å². The molecule has 0 saturated carbocycles. The van der Waals surface area contributed by atoms with Crippen LogP contribution in [0.15, 0.2) is 62.7 Å². The van der Waals surface area contributed by atoms with Crippen LogP contribution in [0, 0.1) is 6.92 Å². The van der Waals surface area contributed by atoms with Gasteiger partial charge < -0.3 is 4.42 Å². The van der Waals surface area contributed by atoms with Gasteiger partial charge in [0.2, 0.25) is 0 Å². The first kappa shape index (κ1) is 16.5. The van der Waals surface area contributed by atoms with E-state index in [1.165, 1.54) is 11.1 Å². The summed E-state index contributed by atoms with van der Waals surface area (Å²) in [6, 6.07) is 16.0. The average molecular weight is 340 g/mol. The molecule has 1 aliphatic heterocycles. The first-order valence-corrected chi connectivity index (χ1v) is 7.86. The molecular weight excluding hydrogens is 322 g/mol. The molecule has 2 heterocycles. The summed E-state index contributed by atoms with van der Waals surface area (Å²) in [7, 11) is 0. The van der Waals surface area contributed by atoms with Crippen LogP contribution < -0.4 is 5.63 Å². The molecule has 0 radical (unpaired) electrons. The summed E-state index contributed by atoms with van der Waals surface area (Å²) in [6.07, 6.45) is 1.64. The van der Waals surface area contributed by atoms with Gasteiger partial charge in [-0.2, -0.15) is 0 Å². The van der Waals surface area contributed by atoms with Crippen molar-refractivity contribution in [2.75, 3.05) is 6.54 Å². The number of aliphatic imine (C=N–C) groups is 1. The van der Waals surface area contributed by atoms with E-state index in [1.54, 1.807) is 6.07 Å². The summed E-state index contributed by atoms with van der Waals surface area (Å²) < 4.78 is 5.35. The summed E-state index contributed by atoms with van der Waals surface area (Å²) >= 11 is 0. The normalized spacial score (nSPS) is 13.1. The fraction of sp³-hybridized carbons (Fsp3) is 0.200. The van der Waals surface area contributed by atoms with E-state index in [0.29, 0.717) is 12.0 Å². The maximum Gasteiger partial charge on any atom is 0.336 e. The van der Waals surface area contributed by atoms with Crippen molar-refractivity contribution >= 4 is 29.1 Å². The summed E-state index contributed by atoms with van der Waals surface area (Å²) in [5, 5.41) is 0.987. The number of benzene rings is 2. The average Bonchev–Trinajstić information content (AvgIpc) is 2.54. The fourth-order valence-corrected chi connectivity index (χ4v) is 3.23. The van der Waals surface area contributed by atoms with Gasteiger partial charge in [0.25, 0.3) is 0 Å². The van der Waals surface area contributed by atoms with E-state index in [2.05, 4.69) is 18.2 Å². The van der Waals surface area contributed by atoms with Crippen LogP contribution in [-0.2, 0) is 12.8 Å². The lowest BCUT2D eigenvalue weighted by Crippen LogP contribution is -2.16. The maximum atomic E-state index is 11.9. The predicted octanol–water partition coefficient (Wildman–Crippen LogP) is 4.11. The number of nitrogens with zero attached hydrogens (tertiary/aromatic N) is 1. The van der Waals surface area contributed by atoms with Crippen LogP contribution >= 0.6 is 12.4 Å². The highest BCUT2D eigenvalue weighted by Gasteiger charge is 2.16. The summed E-state index contributed by atoms with van der Waals surface area (Å²) in [4.78, 5) is 16.6. The van der Waals surface area contributed by atoms with Crippen LogP contribution in [0.1, 0.15) is 22.3 Å². The molecule has 0 N–H and O–H groups in total. The third-order valence-corrected chi connectivity index (χ3v) is 4.36. The molecule has 4 rings (SSSR count). The van der Waals surface area contributed by atoms with E-state index in [-0.39, 0.29) is 18.0 Å². The van der Waals surface area contributed by atoms with E-state index in [4.69, 9.17) is 9.41 Å². The summed E-state index contributed by atoms with van der Waals surface area (Å²) in [6.45, 7) is 2.80. The van der Waals surface area contributed by atoms with Crippen molar-refractivity contribution in [1.82, 2.24) is 0 Å². The minimum atomic E-state index is -0.303. The van der Waals surface area contributed by atoms with Gasteiger partial charge in [-0.3, -0.25) is 4.99 Å². The maximum absolute atomic E-state index is 11.9. The predicted molar refractivity (Wildman–Crippen MR) is 99.7 cm³/mol. The molecule has 4 heteroatoms. The van der Waals surface area contributed by atoms with E-state index in [9.17, 15) is 4.79 Å². The quantitative estimate of drug-likeness (QED) is 0.659. The van der Waals surface area contributed by atoms with Gasteiger partial charge in [-0.25, -0.2) is 4.79 Å². The van der Waals surface area contributed by atoms with E-state index < -0.39 is 0 Å². The van der Waals surface area contributed by atoms with Gasteiger partial charge >= 0.3 is 5.63 Å². The molecule has 0 spiro atoms. The molecule has 3 aromatic rings. The number of hydrogen-bond donors (Lipinski definition) is 0. The van der Waals surface area contributed by atoms with Crippen molar-refractivity contribution in [3.05, 3.63) is 81.2 Å². The Labute approximate surface area is 146 Å². The lowest BCUT2D eigenvalue weighted by molar-refractivity contribution is 0.559. The zero-order valence-electron chi connectivity index (χ0n) is 13.4. The van der Waals surface area contributed by atoms with Gasteiger partial charge in [-0.15, -0.1) is 12.4 Å². The second kappa shape index (κ2) is 6.62. The van der Waals surface area contributed by atoms with Gasteiger partial charge in [0.05, 0.1) is 0 Å². The van der Waals surface area contributed by atoms with E-state index in [0.717, 1.165) is 35.2 Å². The smallest absolute Gasteiger partial charge is 0.336 e. The molecule has 0 unspecified atom stereocenters. The zero-order chi connectivity index (χ0) is 15.8. The molecule has 1 aliphatic rings. The van der Waals surface area contributed by atoms with Crippen molar-refractivity contribution in [1.29, 1.82) is 0 Å². The highest BCUT2D eigenvalue weighted by atomic mass is 35.5. The summed E-state index contributed by atoms with van der Waals surface area (Å²) in [5.41, 5.74) is 6.00. The molecule has 0 bridgehead atoms. The standard InChI is InChI=1S/C20H17NO2.ClH/c1-13-6-7-17-15(12-20(22)23-19(17)10-13)11-18-16-5-3-2-4-14(16)8-9-21-18;/h2-7,10,12H,8-9,11H2,1H3;1H. The molecule has 0 atom stereocenters. The Morgan fingerprint density at radius 1 is 1.12 bits per heavy atom. The molecule has 0 amide bonds. The minimum absolute atomic E-state index is 0. The number of hydrogen-bond acceptors (Lipinski definition) is 3. The summed E-state index contributed by atoms with van der Waals surface area (Å²) in [5.74, 6) is 0. The third-order valence-electron chi connectivity index (χ3n) is 4.36. The van der Waals surface area contributed by atoms with Crippen molar-refractivity contribution in [3.63, 3.8) is 0 Å². The molecule has 0 aliphatic carbocycles. The number of halogens is 1. The first-order chi connectivity index (χ1) is 11.2. The second-order valence-corrected chi connectivity index (χ2v) is 6.00. The van der Waals surface area contributed by atoms with Crippen molar-refractivity contribution in [2.24, 2.45) is 4.99 Å². The third kappa shape index (κ3) is 3.00. The SMILES string of the molecule is Cc1ccc2c(CC3=NCCc4ccccc43)cc(=O)oc2c1.Cl. The second-order valence-electron chi connectivity index (χ2n) is 6.00. The zero-order valence-corrected chi connectivity index (χ0v) is 14.2. The highest BCUT2D eigenvalue weighted by Crippen LogP contribution is 2.23. The largest absolute Gasteiger partial charge is 0.423 e.